The number of rotatable bonds is 4. The Kier molecular flexibility index (Phi) is 3.77. The first-order chi connectivity index (χ1) is 7.00. The van der Waals surface area contributed by atoms with E-state index in [-0.39, 0.29) is 0 Å². The second kappa shape index (κ2) is 4.87. The summed E-state index contributed by atoms with van der Waals surface area (Å²) in [5.41, 5.74) is 11.8. The average molecular weight is 208 g/mol. The first kappa shape index (κ1) is 11.6. The zero-order chi connectivity index (χ0) is 11.4. The lowest BCUT2D eigenvalue weighted by Crippen LogP contribution is -2.21. The standard InChI is InChI=1S/C11H20N4/c1-8(2)6-7-15(3)10-5-4-9(12)11(13)14-10/h4-5,8H,6-7,12H2,1-3H3,(H2,13,14). The summed E-state index contributed by atoms with van der Waals surface area (Å²) in [6.07, 6.45) is 1.14. The second-order valence-corrected chi connectivity index (χ2v) is 4.25. The molecule has 1 rings (SSSR count). The molecule has 1 aromatic heterocycles. The summed E-state index contributed by atoms with van der Waals surface area (Å²) in [5, 5.41) is 0. The van der Waals surface area contributed by atoms with Crippen molar-refractivity contribution in [2.75, 3.05) is 30.0 Å². The largest absolute Gasteiger partial charge is 0.396 e. The van der Waals surface area contributed by atoms with Gasteiger partial charge in [0.05, 0.1) is 5.69 Å². The van der Waals surface area contributed by atoms with Gasteiger partial charge in [-0.1, -0.05) is 13.8 Å². The van der Waals surface area contributed by atoms with Crippen molar-refractivity contribution < 1.29 is 0 Å². The number of anilines is 3. The van der Waals surface area contributed by atoms with Gasteiger partial charge in [-0.05, 0) is 24.5 Å². The fourth-order valence-corrected chi connectivity index (χ4v) is 1.25. The molecule has 0 amide bonds. The SMILES string of the molecule is CC(C)CCN(C)c1ccc(N)c(N)n1. The minimum absolute atomic E-state index is 0.406. The van der Waals surface area contributed by atoms with Crippen LogP contribution in [0.5, 0.6) is 0 Å². The van der Waals surface area contributed by atoms with E-state index in [9.17, 15) is 0 Å². The third-order valence-electron chi connectivity index (χ3n) is 2.38. The van der Waals surface area contributed by atoms with Crippen LogP contribution < -0.4 is 16.4 Å². The Bertz CT molecular complexity index is 322. The van der Waals surface area contributed by atoms with Gasteiger partial charge in [0, 0.05) is 13.6 Å². The van der Waals surface area contributed by atoms with E-state index in [2.05, 4.69) is 23.7 Å². The van der Waals surface area contributed by atoms with Crippen molar-refractivity contribution >= 4 is 17.3 Å². The smallest absolute Gasteiger partial charge is 0.149 e. The van der Waals surface area contributed by atoms with Crippen LogP contribution in [0.2, 0.25) is 0 Å². The Morgan fingerprint density at radius 3 is 2.53 bits per heavy atom. The lowest BCUT2D eigenvalue weighted by atomic mass is 10.1. The van der Waals surface area contributed by atoms with Crippen molar-refractivity contribution in [3.8, 4) is 0 Å². The summed E-state index contributed by atoms with van der Waals surface area (Å²) in [4.78, 5) is 6.32. The molecule has 1 aromatic rings. The van der Waals surface area contributed by atoms with E-state index in [0.717, 1.165) is 18.8 Å². The molecule has 15 heavy (non-hydrogen) atoms. The summed E-state index contributed by atoms with van der Waals surface area (Å²) in [6, 6.07) is 3.69. The van der Waals surface area contributed by atoms with Crippen molar-refractivity contribution in [3.05, 3.63) is 12.1 Å². The highest BCUT2D eigenvalue weighted by Crippen LogP contribution is 2.17. The molecule has 4 N–H and O–H groups in total. The van der Waals surface area contributed by atoms with Crippen LogP contribution >= 0.6 is 0 Å². The van der Waals surface area contributed by atoms with Crippen molar-refractivity contribution in [1.29, 1.82) is 0 Å². The van der Waals surface area contributed by atoms with Crippen molar-refractivity contribution in [2.24, 2.45) is 5.92 Å². The molecule has 0 bridgehead atoms. The molecule has 0 saturated heterocycles. The monoisotopic (exact) mass is 208 g/mol. The molecule has 0 fully saturated rings. The topological polar surface area (TPSA) is 68.2 Å². The number of pyridine rings is 1. The zero-order valence-electron chi connectivity index (χ0n) is 9.70. The normalized spacial score (nSPS) is 10.7. The van der Waals surface area contributed by atoms with Crippen molar-refractivity contribution in [1.82, 2.24) is 4.98 Å². The molecule has 84 valence electrons. The summed E-state index contributed by atoms with van der Waals surface area (Å²) in [7, 11) is 2.01. The van der Waals surface area contributed by atoms with Gasteiger partial charge >= 0.3 is 0 Å². The van der Waals surface area contributed by atoms with Gasteiger partial charge in [0.25, 0.3) is 0 Å². The van der Waals surface area contributed by atoms with Crippen LogP contribution in [-0.4, -0.2) is 18.6 Å². The van der Waals surface area contributed by atoms with E-state index in [1.54, 1.807) is 6.07 Å². The molecule has 0 aromatic carbocycles. The third kappa shape index (κ3) is 3.31. The Balaban J connectivity index is 2.65. The molecule has 0 saturated carbocycles. The molecular weight excluding hydrogens is 188 g/mol. The number of nitrogen functional groups attached to an aromatic ring is 2. The van der Waals surface area contributed by atoms with Gasteiger partial charge < -0.3 is 16.4 Å². The Morgan fingerprint density at radius 2 is 2.00 bits per heavy atom. The van der Waals surface area contributed by atoms with Crippen LogP contribution in [0, 0.1) is 5.92 Å². The van der Waals surface area contributed by atoms with Crippen LogP contribution in [0.3, 0.4) is 0 Å². The third-order valence-corrected chi connectivity index (χ3v) is 2.38. The molecule has 1 heterocycles. The number of hydrogen-bond donors (Lipinski definition) is 2. The van der Waals surface area contributed by atoms with Crippen LogP contribution in [0.4, 0.5) is 17.3 Å². The second-order valence-electron chi connectivity index (χ2n) is 4.25. The highest BCUT2D eigenvalue weighted by Gasteiger charge is 2.05. The van der Waals surface area contributed by atoms with E-state index in [1.807, 2.05) is 13.1 Å². The van der Waals surface area contributed by atoms with Gasteiger partial charge in [0.2, 0.25) is 0 Å². The highest BCUT2D eigenvalue weighted by atomic mass is 15.2. The highest BCUT2D eigenvalue weighted by molar-refractivity contribution is 5.61. The number of aromatic nitrogens is 1. The molecule has 0 spiro atoms. The molecule has 0 aliphatic carbocycles. The van der Waals surface area contributed by atoms with E-state index in [4.69, 9.17) is 11.5 Å². The maximum absolute atomic E-state index is 5.65. The fourth-order valence-electron chi connectivity index (χ4n) is 1.25. The molecule has 4 nitrogen and oxygen atoms in total. The predicted molar refractivity (Wildman–Crippen MR) is 65.8 cm³/mol. The quantitative estimate of drug-likeness (QED) is 0.790. The lowest BCUT2D eigenvalue weighted by molar-refractivity contribution is 0.584. The zero-order valence-corrected chi connectivity index (χ0v) is 9.70. The van der Waals surface area contributed by atoms with Gasteiger partial charge in [0.15, 0.2) is 0 Å². The minimum atomic E-state index is 0.406. The van der Waals surface area contributed by atoms with Crippen molar-refractivity contribution in [2.45, 2.75) is 20.3 Å². The number of nitrogens with zero attached hydrogens (tertiary/aromatic N) is 2. The lowest BCUT2D eigenvalue weighted by Gasteiger charge is -2.19. The number of nitrogens with two attached hydrogens (primary N) is 2. The number of hydrogen-bond acceptors (Lipinski definition) is 4. The van der Waals surface area contributed by atoms with Crippen LogP contribution in [0.25, 0.3) is 0 Å². The molecular formula is C11H20N4. The molecule has 4 heteroatoms. The summed E-state index contributed by atoms with van der Waals surface area (Å²) in [5.74, 6) is 1.98. The molecule has 0 aliphatic heterocycles. The minimum Gasteiger partial charge on any atom is -0.396 e. The average Bonchev–Trinajstić information content (AvgIpc) is 2.18. The van der Waals surface area contributed by atoms with Crippen molar-refractivity contribution in [3.63, 3.8) is 0 Å². The van der Waals surface area contributed by atoms with Gasteiger partial charge in [-0.2, -0.15) is 0 Å². The molecule has 0 aliphatic rings. The predicted octanol–water partition coefficient (Wildman–Crippen LogP) is 1.73. The van der Waals surface area contributed by atoms with E-state index < -0.39 is 0 Å². The van der Waals surface area contributed by atoms with Gasteiger partial charge in [0.1, 0.15) is 11.6 Å². The van der Waals surface area contributed by atoms with E-state index in [1.165, 1.54) is 0 Å². The summed E-state index contributed by atoms with van der Waals surface area (Å²) >= 11 is 0. The first-order valence-electron chi connectivity index (χ1n) is 5.24. The fraction of sp³-hybridized carbons (Fsp3) is 0.545. The first-order valence-corrected chi connectivity index (χ1v) is 5.24. The Labute approximate surface area is 91.3 Å². The summed E-state index contributed by atoms with van der Waals surface area (Å²) < 4.78 is 0. The van der Waals surface area contributed by atoms with Gasteiger partial charge in [-0.15, -0.1) is 0 Å². The van der Waals surface area contributed by atoms with E-state index >= 15 is 0 Å². The van der Waals surface area contributed by atoms with Gasteiger partial charge in [-0.25, -0.2) is 4.98 Å². The summed E-state index contributed by atoms with van der Waals surface area (Å²) in [6.45, 7) is 5.39. The van der Waals surface area contributed by atoms with Crippen LogP contribution in [0.15, 0.2) is 12.1 Å². The molecule has 0 radical (unpaired) electrons. The molecule has 0 atom stereocenters. The molecule has 0 unspecified atom stereocenters. The van der Waals surface area contributed by atoms with Crippen LogP contribution in [0.1, 0.15) is 20.3 Å². The van der Waals surface area contributed by atoms with Crippen LogP contribution in [-0.2, 0) is 0 Å². The Hall–Kier alpha value is -1.45. The maximum Gasteiger partial charge on any atom is 0.149 e. The van der Waals surface area contributed by atoms with E-state index in [0.29, 0.717) is 17.4 Å². The maximum atomic E-state index is 5.65. The van der Waals surface area contributed by atoms with Gasteiger partial charge in [-0.3, -0.25) is 0 Å². The Morgan fingerprint density at radius 1 is 1.33 bits per heavy atom.